The third-order valence-corrected chi connectivity index (χ3v) is 14.6. The van der Waals surface area contributed by atoms with Crippen molar-refractivity contribution in [2.24, 2.45) is 0 Å². The molecular formula is C54H48N2S2. The van der Waals surface area contributed by atoms with Gasteiger partial charge >= 0.3 is 0 Å². The smallest absolute Gasteiger partial charge is 0.0491 e. The fourth-order valence-electron chi connectivity index (χ4n) is 9.64. The first-order valence-corrected chi connectivity index (χ1v) is 22.1. The predicted octanol–water partition coefficient (Wildman–Crippen LogP) is 14.7. The predicted molar refractivity (Wildman–Crippen MR) is 254 cm³/mol. The maximum absolute atomic E-state index is 2.52. The molecular weight excluding hydrogens is 741 g/mol. The Morgan fingerprint density at radius 3 is 1.38 bits per heavy atom. The summed E-state index contributed by atoms with van der Waals surface area (Å²) in [6.45, 7) is 17.6. The van der Waals surface area contributed by atoms with Gasteiger partial charge in [0.2, 0.25) is 0 Å². The molecule has 2 nitrogen and oxygen atoms in total. The minimum Gasteiger partial charge on any atom is -0.310 e. The van der Waals surface area contributed by atoms with Crippen molar-refractivity contribution in [1.82, 2.24) is 0 Å². The van der Waals surface area contributed by atoms with Gasteiger partial charge in [0.15, 0.2) is 0 Å². The number of nitrogens with zero attached hydrogens (tertiary/aromatic N) is 2. The molecule has 0 radical (unpaired) electrons. The molecule has 0 saturated heterocycles. The molecule has 8 aromatic rings. The Morgan fingerprint density at radius 1 is 0.466 bits per heavy atom. The van der Waals surface area contributed by atoms with Gasteiger partial charge in [-0.3, -0.25) is 0 Å². The van der Waals surface area contributed by atoms with Crippen LogP contribution in [0.4, 0.5) is 34.1 Å². The number of fused-ring (bicyclic) bond motifs is 8. The largest absolute Gasteiger partial charge is 0.310 e. The molecule has 286 valence electrons. The van der Waals surface area contributed by atoms with Gasteiger partial charge < -0.3 is 9.80 Å². The van der Waals surface area contributed by atoms with Gasteiger partial charge in [0.25, 0.3) is 0 Å². The van der Waals surface area contributed by atoms with Crippen LogP contribution in [0.15, 0.2) is 115 Å². The highest BCUT2D eigenvalue weighted by Gasteiger charge is 2.29. The first-order valence-electron chi connectivity index (χ1n) is 20.4. The lowest BCUT2D eigenvalue weighted by Gasteiger charge is -2.29. The van der Waals surface area contributed by atoms with Crippen LogP contribution < -0.4 is 19.6 Å². The molecule has 6 aromatic carbocycles. The molecule has 10 rings (SSSR count). The summed E-state index contributed by atoms with van der Waals surface area (Å²) in [5, 5.41) is 4.16. The van der Waals surface area contributed by atoms with Gasteiger partial charge in [0.05, 0.1) is 0 Å². The molecule has 0 bridgehead atoms. The number of anilines is 6. The highest BCUT2D eigenvalue weighted by atomic mass is 32.1. The summed E-state index contributed by atoms with van der Waals surface area (Å²) in [4.78, 5) is 6.31. The second kappa shape index (κ2) is 14.0. The summed E-state index contributed by atoms with van der Waals surface area (Å²) < 4.78 is 4.08. The Bertz CT molecular complexity index is 3050. The van der Waals surface area contributed by atoms with E-state index >= 15 is 0 Å². The van der Waals surface area contributed by atoms with Gasteiger partial charge in [-0.2, -0.15) is 0 Å². The van der Waals surface area contributed by atoms with Crippen LogP contribution in [0.25, 0.3) is 37.9 Å². The molecule has 58 heavy (non-hydrogen) atoms. The van der Waals surface area contributed by atoms with Crippen LogP contribution in [0.2, 0.25) is 0 Å². The van der Waals surface area contributed by atoms with E-state index in [-0.39, 0.29) is 0 Å². The molecule has 0 amide bonds. The number of allylic oxidation sites excluding steroid dienone is 1. The Balaban J connectivity index is 1.08. The minimum absolute atomic E-state index is 0.335. The molecule has 0 fully saturated rings. The standard InChI is InChI=1S/C54H48N2S2/c1-31-9-19-45(35(5)25-31)55(46-20-10-32(2)26-36(46)6)39-13-15-43-51(29-39)57-49-23-17-42-41(53(43)49)18-24-50-54(42)44-16-14-40(30-52(44)58-50)56(47-21-11-33(3)27-37(47)7)48-22-12-34(4)28-38(48)8/h9-17,19-30,41H,18H2,1-8H3. The number of hydrogen-bond donors (Lipinski definition) is 0. The van der Waals surface area contributed by atoms with Crippen molar-refractivity contribution < 1.29 is 0 Å². The summed E-state index contributed by atoms with van der Waals surface area (Å²) in [5.41, 5.74) is 20.5. The van der Waals surface area contributed by atoms with Gasteiger partial charge in [-0.15, -0.1) is 22.7 Å². The van der Waals surface area contributed by atoms with Crippen LogP contribution >= 0.6 is 22.7 Å². The highest BCUT2D eigenvalue weighted by molar-refractivity contribution is 7.20. The van der Waals surface area contributed by atoms with Gasteiger partial charge in [-0.25, -0.2) is 0 Å². The summed E-state index contributed by atoms with van der Waals surface area (Å²) in [5.74, 6) is 0.335. The zero-order chi connectivity index (χ0) is 40.0. The van der Waals surface area contributed by atoms with E-state index in [0.717, 1.165) is 6.42 Å². The van der Waals surface area contributed by atoms with Crippen molar-refractivity contribution in [1.29, 1.82) is 0 Å². The van der Waals surface area contributed by atoms with Crippen molar-refractivity contribution in [3.63, 3.8) is 0 Å². The molecule has 4 heteroatoms. The van der Waals surface area contributed by atoms with Crippen molar-refractivity contribution >= 4 is 94.7 Å². The summed E-state index contributed by atoms with van der Waals surface area (Å²) in [7, 11) is 0. The second-order valence-corrected chi connectivity index (χ2v) is 18.9. The maximum atomic E-state index is 2.52. The summed E-state index contributed by atoms with van der Waals surface area (Å²) in [6.07, 6.45) is 8.36. The van der Waals surface area contributed by atoms with Crippen molar-refractivity contribution in [3.05, 3.63) is 180 Å². The van der Waals surface area contributed by atoms with Gasteiger partial charge in [-0.1, -0.05) is 95.1 Å². The van der Waals surface area contributed by atoms with Crippen LogP contribution in [-0.4, -0.2) is 0 Å². The van der Waals surface area contributed by atoms with Crippen LogP contribution in [-0.2, 0) is 0 Å². The van der Waals surface area contributed by atoms with Crippen LogP contribution in [0.5, 0.6) is 0 Å². The Hall–Kier alpha value is -5.68. The lowest BCUT2D eigenvalue weighted by molar-refractivity contribution is 0.909. The highest BCUT2D eigenvalue weighted by Crippen LogP contribution is 2.49. The van der Waals surface area contributed by atoms with E-state index in [2.05, 4.69) is 193 Å². The first kappa shape index (κ1) is 36.6. The van der Waals surface area contributed by atoms with Crippen LogP contribution in [0.3, 0.4) is 0 Å². The monoisotopic (exact) mass is 788 g/mol. The molecule has 2 heterocycles. The molecule has 0 N–H and O–H groups in total. The van der Waals surface area contributed by atoms with Crippen molar-refractivity contribution in [2.45, 2.75) is 67.7 Å². The number of benzene rings is 6. The zero-order valence-electron chi connectivity index (χ0n) is 34.6. The van der Waals surface area contributed by atoms with Gasteiger partial charge in [0, 0.05) is 69.5 Å². The van der Waals surface area contributed by atoms with E-state index in [1.807, 2.05) is 22.7 Å². The number of aryl methyl sites for hydroxylation is 8. The zero-order valence-corrected chi connectivity index (χ0v) is 36.3. The third kappa shape index (κ3) is 6.04. The number of rotatable bonds is 6. The molecule has 2 aliphatic carbocycles. The second-order valence-electron chi connectivity index (χ2n) is 16.7. The summed E-state index contributed by atoms with van der Waals surface area (Å²) in [6, 6.07) is 41.6. The molecule has 2 aliphatic rings. The van der Waals surface area contributed by atoms with E-state index in [4.69, 9.17) is 0 Å². The van der Waals surface area contributed by atoms with Gasteiger partial charge in [0.1, 0.15) is 0 Å². The average Bonchev–Trinajstić information content (AvgIpc) is 3.76. The third-order valence-electron chi connectivity index (χ3n) is 12.3. The molecule has 2 aromatic heterocycles. The van der Waals surface area contributed by atoms with Crippen LogP contribution in [0.1, 0.15) is 67.3 Å². The Morgan fingerprint density at radius 2 is 0.914 bits per heavy atom. The average molecular weight is 789 g/mol. The van der Waals surface area contributed by atoms with E-state index in [1.54, 1.807) is 0 Å². The minimum atomic E-state index is 0.335. The fourth-order valence-corrected chi connectivity index (χ4v) is 12.0. The van der Waals surface area contributed by atoms with Crippen LogP contribution in [0, 0.1) is 55.4 Å². The van der Waals surface area contributed by atoms with E-state index < -0.39 is 0 Å². The molecule has 0 saturated carbocycles. The first-order chi connectivity index (χ1) is 28.0. The molecule has 1 atom stereocenters. The maximum Gasteiger partial charge on any atom is 0.0491 e. The quantitative estimate of drug-likeness (QED) is 0.166. The topological polar surface area (TPSA) is 6.48 Å². The number of thiophene rings is 2. The van der Waals surface area contributed by atoms with E-state index in [9.17, 15) is 0 Å². The molecule has 1 unspecified atom stereocenters. The molecule has 0 aliphatic heterocycles. The Labute approximate surface area is 350 Å². The SMILES string of the molecule is Cc1ccc(N(c2ccc3c4c(sc3c2)C=CC2=c3c(sc5cc(N(c6ccc(C)cc6C)c6ccc(C)cc6C)ccc35)=CCC24)c2ccc(C)cc2C)c(C)c1. The summed E-state index contributed by atoms with van der Waals surface area (Å²) >= 11 is 3.88. The van der Waals surface area contributed by atoms with Crippen molar-refractivity contribution in [3.8, 4) is 0 Å². The van der Waals surface area contributed by atoms with Crippen molar-refractivity contribution in [2.75, 3.05) is 9.80 Å². The fraction of sp³-hybridized carbons (Fsp3) is 0.185. The molecule has 0 spiro atoms. The lowest BCUT2D eigenvalue weighted by atomic mass is 9.80. The lowest BCUT2D eigenvalue weighted by Crippen LogP contribution is -2.28. The number of hydrogen-bond acceptors (Lipinski definition) is 4. The van der Waals surface area contributed by atoms with E-state index in [1.165, 1.54) is 125 Å². The van der Waals surface area contributed by atoms with E-state index in [0.29, 0.717) is 5.92 Å². The normalized spacial score (nSPS) is 14.3. The Kier molecular flexibility index (Phi) is 8.85. The van der Waals surface area contributed by atoms with Gasteiger partial charge in [-0.05, 0) is 155 Å².